The van der Waals surface area contributed by atoms with E-state index in [1.54, 1.807) is 12.5 Å². The fourth-order valence-corrected chi connectivity index (χ4v) is 5.37. The Morgan fingerprint density at radius 3 is 2.84 bits per heavy atom. The van der Waals surface area contributed by atoms with Gasteiger partial charge in [0, 0.05) is 49.9 Å². The number of ketones is 1. The Hall–Kier alpha value is -3.35. The second-order valence-electron chi connectivity index (χ2n) is 9.10. The predicted molar refractivity (Wildman–Crippen MR) is 143 cm³/mol. The van der Waals surface area contributed by atoms with Gasteiger partial charge >= 0.3 is 0 Å². The number of carbonyl (C=O) groups is 2. The topological polar surface area (TPSA) is 120 Å². The van der Waals surface area contributed by atoms with Crippen LogP contribution in [0.2, 0.25) is 0 Å². The van der Waals surface area contributed by atoms with E-state index in [2.05, 4.69) is 20.2 Å². The van der Waals surface area contributed by atoms with Crippen molar-refractivity contribution in [2.75, 3.05) is 58.4 Å². The molecule has 12 heteroatoms. The maximum absolute atomic E-state index is 13.0. The van der Waals surface area contributed by atoms with Gasteiger partial charge in [0.05, 0.1) is 33.4 Å². The van der Waals surface area contributed by atoms with Crippen molar-refractivity contribution in [1.29, 1.82) is 0 Å². The molecule has 3 aromatic rings. The van der Waals surface area contributed by atoms with Gasteiger partial charge in [-0.2, -0.15) is 4.99 Å². The molecule has 0 spiro atoms. The lowest BCUT2D eigenvalue weighted by Gasteiger charge is -2.26. The van der Waals surface area contributed by atoms with Crippen LogP contribution in [0.1, 0.15) is 35.3 Å². The quantitative estimate of drug-likeness (QED) is 0.386. The number of nitrogens with one attached hydrogen (secondary N) is 1. The van der Waals surface area contributed by atoms with Gasteiger partial charge in [-0.25, -0.2) is 9.97 Å². The molecule has 0 atom stereocenters. The summed E-state index contributed by atoms with van der Waals surface area (Å²) >= 11 is 1.29. The number of thiazole rings is 1. The van der Waals surface area contributed by atoms with Crippen molar-refractivity contribution in [3.63, 3.8) is 0 Å². The summed E-state index contributed by atoms with van der Waals surface area (Å²) in [4.78, 5) is 40.5. The second kappa shape index (κ2) is 12.0. The Balaban J connectivity index is 1.41. The number of nitrogens with zero attached hydrogens (tertiary/aromatic N) is 5. The molecule has 11 nitrogen and oxygen atoms in total. The molecular formula is C26H32N6O5S. The van der Waals surface area contributed by atoms with Gasteiger partial charge in [0.2, 0.25) is 5.62 Å². The van der Waals surface area contributed by atoms with Gasteiger partial charge in [-0.05, 0) is 18.6 Å². The van der Waals surface area contributed by atoms with E-state index < -0.39 is 5.91 Å². The number of benzene rings is 1. The summed E-state index contributed by atoms with van der Waals surface area (Å²) in [6, 6.07) is 3.85. The molecule has 2 aliphatic heterocycles. The summed E-state index contributed by atoms with van der Waals surface area (Å²) in [5.41, 5.74) is 1.04. The SMILES string of the molecule is CCC(=O)Cc1nc(C(=O)N=c2nc3c(OC)c(OCCCN4CCOCC4)ccc3c3n2CCN3)cs1. The number of fused-ring (bicyclic) bond motifs is 3. The smallest absolute Gasteiger partial charge is 0.299 e. The first-order chi connectivity index (χ1) is 18.6. The van der Waals surface area contributed by atoms with Gasteiger partial charge in [0.15, 0.2) is 11.5 Å². The number of aromatic nitrogens is 3. The maximum Gasteiger partial charge on any atom is 0.299 e. The first kappa shape index (κ1) is 26.3. The molecule has 1 amide bonds. The maximum atomic E-state index is 13.0. The fourth-order valence-electron chi connectivity index (χ4n) is 4.57. The Morgan fingerprint density at radius 2 is 2.05 bits per heavy atom. The molecule has 1 fully saturated rings. The first-order valence-corrected chi connectivity index (χ1v) is 13.8. The highest BCUT2D eigenvalue weighted by atomic mass is 32.1. The zero-order valence-corrected chi connectivity index (χ0v) is 22.5. The van der Waals surface area contributed by atoms with Crippen LogP contribution in [-0.4, -0.2) is 84.2 Å². The third-order valence-electron chi connectivity index (χ3n) is 6.60. The van der Waals surface area contributed by atoms with Crippen LogP contribution in [-0.2, 0) is 22.5 Å². The van der Waals surface area contributed by atoms with Crippen molar-refractivity contribution in [3.05, 3.63) is 33.8 Å². The van der Waals surface area contributed by atoms with Crippen LogP contribution in [0.5, 0.6) is 11.5 Å². The van der Waals surface area contributed by atoms with E-state index in [4.69, 9.17) is 19.2 Å². The van der Waals surface area contributed by atoms with Crippen LogP contribution in [0.4, 0.5) is 5.82 Å². The zero-order chi connectivity index (χ0) is 26.5. The molecular weight excluding hydrogens is 508 g/mol. The molecule has 1 saturated heterocycles. The lowest BCUT2D eigenvalue weighted by atomic mass is 10.2. The highest BCUT2D eigenvalue weighted by molar-refractivity contribution is 7.09. The van der Waals surface area contributed by atoms with Gasteiger partial charge < -0.3 is 19.5 Å². The molecule has 0 bridgehead atoms. The summed E-state index contributed by atoms with van der Waals surface area (Å²) < 4.78 is 19.1. The minimum absolute atomic E-state index is 0.0807. The van der Waals surface area contributed by atoms with Crippen molar-refractivity contribution in [1.82, 2.24) is 19.4 Å². The van der Waals surface area contributed by atoms with Crippen molar-refractivity contribution in [2.24, 2.45) is 4.99 Å². The van der Waals surface area contributed by atoms with Gasteiger partial charge in [0.1, 0.15) is 27.8 Å². The van der Waals surface area contributed by atoms with Gasteiger partial charge in [0.25, 0.3) is 5.91 Å². The molecule has 2 aromatic heterocycles. The Kier molecular flexibility index (Phi) is 8.30. The molecule has 0 saturated carbocycles. The number of anilines is 1. The number of rotatable bonds is 10. The molecule has 202 valence electrons. The number of amides is 1. The van der Waals surface area contributed by atoms with E-state index in [-0.39, 0.29) is 23.5 Å². The molecule has 2 aliphatic rings. The predicted octanol–water partition coefficient (Wildman–Crippen LogP) is 2.29. The largest absolute Gasteiger partial charge is 0.491 e. The van der Waals surface area contributed by atoms with Crippen LogP contribution in [0.25, 0.3) is 10.9 Å². The van der Waals surface area contributed by atoms with Crippen molar-refractivity contribution in [3.8, 4) is 11.5 Å². The number of morpholine rings is 1. The normalized spacial score (nSPS) is 15.9. The second-order valence-corrected chi connectivity index (χ2v) is 10.0. The average Bonchev–Trinajstić information content (AvgIpc) is 3.62. The summed E-state index contributed by atoms with van der Waals surface area (Å²) in [5, 5.41) is 6.48. The summed E-state index contributed by atoms with van der Waals surface area (Å²) in [7, 11) is 1.58. The van der Waals surface area contributed by atoms with E-state index in [1.807, 2.05) is 23.6 Å². The molecule has 0 unspecified atom stereocenters. The Bertz CT molecular complexity index is 1390. The van der Waals surface area contributed by atoms with E-state index in [0.717, 1.165) is 50.5 Å². The zero-order valence-electron chi connectivity index (χ0n) is 21.7. The van der Waals surface area contributed by atoms with Gasteiger partial charge in [-0.1, -0.05) is 6.92 Å². The average molecular weight is 541 g/mol. The van der Waals surface area contributed by atoms with Crippen molar-refractivity contribution in [2.45, 2.75) is 32.7 Å². The summed E-state index contributed by atoms with van der Waals surface area (Å²) in [6.45, 7) is 8.07. The highest BCUT2D eigenvalue weighted by Crippen LogP contribution is 2.37. The van der Waals surface area contributed by atoms with Crippen LogP contribution in [0.15, 0.2) is 22.5 Å². The number of hydrogen-bond donors (Lipinski definition) is 1. The fraction of sp³-hybridized carbons (Fsp3) is 0.500. The molecule has 38 heavy (non-hydrogen) atoms. The minimum atomic E-state index is -0.501. The third-order valence-corrected chi connectivity index (χ3v) is 7.45. The van der Waals surface area contributed by atoms with Crippen LogP contribution in [0.3, 0.4) is 0 Å². The molecule has 4 heterocycles. The third kappa shape index (κ3) is 5.71. The lowest BCUT2D eigenvalue weighted by Crippen LogP contribution is -2.37. The van der Waals surface area contributed by atoms with Crippen molar-refractivity contribution >= 4 is 39.7 Å². The van der Waals surface area contributed by atoms with Crippen LogP contribution >= 0.6 is 11.3 Å². The van der Waals surface area contributed by atoms with Gasteiger partial charge in [-0.15, -0.1) is 11.3 Å². The Labute approximate surface area is 224 Å². The molecule has 0 aliphatic carbocycles. The number of hydrogen-bond acceptors (Lipinski definition) is 10. The number of Topliss-reactive ketones (excluding diaryl/α,β-unsaturated/α-hetero) is 1. The first-order valence-electron chi connectivity index (χ1n) is 12.9. The molecule has 1 aromatic carbocycles. The lowest BCUT2D eigenvalue weighted by molar-refractivity contribution is -0.118. The van der Waals surface area contributed by atoms with E-state index in [1.165, 1.54) is 11.3 Å². The Morgan fingerprint density at radius 1 is 1.21 bits per heavy atom. The summed E-state index contributed by atoms with van der Waals surface area (Å²) in [6.07, 6.45) is 1.54. The van der Waals surface area contributed by atoms with Crippen molar-refractivity contribution < 1.29 is 23.8 Å². The molecule has 1 N–H and O–H groups in total. The van der Waals surface area contributed by atoms with E-state index >= 15 is 0 Å². The number of methoxy groups -OCH3 is 1. The minimum Gasteiger partial charge on any atom is -0.491 e. The molecule has 5 rings (SSSR count). The van der Waals surface area contributed by atoms with Gasteiger partial charge in [-0.3, -0.25) is 19.1 Å². The highest BCUT2D eigenvalue weighted by Gasteiger charge is 2.21. The number of carbonyl (C=O) groups excluding carboxylic acids is 2. The van der Waals surface area contributed by atoms with E-state index in [0.29, 0.717) is 48.1 Å². The number of ether oxygens (including phenoxy) is 3. The standard InChI is InChI=1S/C26H32N6O5S/c1-3-17(33)15-21-28-19(16-38-21)25(34)30-26-29-22-18(24-27-7-9-32(24)26)5-6-20(23(22)35-2)37-12-4-8-31-10-13-36-14-11-31/h5-6,16,27H,3-4,7-15H2,1-2H3. The summed E-state index contributed by atoms with van der Waals surface area (Å²) in [5.74, 6) is 1.51. The molecule has 0 radical (unpaired) electrons. The van der Waals surface area contributed by atoms with E-state index in [9.17, 15) is 9.59 Å². The van der Waals surface area contributed by atoms with Crippen LogP contribution < -0.4 is 20.4 Å². The monoisotopic (exact) mass is 540 g/mol. The van der Waals surface area contributed by atoms with Crippen LogP contribution in [0, 0.1) is 0 Å².